The van der Waals surface area contributed by atoms with Crippen molar-refractivity contribution in [3.63, 3.8) is 0 Å². The quantitative estimate of drug-likeness (QED) is 0.360. The number of nitrogens with zero attached hydrogens (tertiary/aromatic N) is 2. The van der Waals surface area contributed by atoms with Gasteiger partial charge in [0.05, 0.1) is 32.3 Å². The zero-order chi connectivity index (χ0) is 27.3. The van der Waals surface area contributed by atoms with Crippen LogP contribution in [-0.4, -0.2) is 31.5 Å². The first-order valence-corrected chi connectivity index (χ1v) is 12.5. The molecule has 0 saturated carbocycles. The van der Waals surface area contributed by atoms with Gasteiger partial charge in [0.15, 0.2) is 12.4 Å². The number of hydrogen-bond donors (Lipinski definition) is 1. The number of benzene rings is 2. The summed E-state index contributed by atoms with van der Waals surface area (Å²) in [5.41, 5.74) is -1.07. The Hall–Kier alpha value is -3.64. The van der Waals surface area contributed by atoms with Crippen molar-refractivity contribution in [2.24, 2.45) is 7.05 Å². The van der Waals surface area contributed by atoms with Gasteiger partial charge in [-0.25, -0.2) is 13.0 Å². The smallest absolute Gasteiger partial charge is 0.406 e. The van der Waals surface area contributed by atoms with Crippen LogP contribution in [0.5, 0.6) is 5.75 Å². The number of carbonyl (C=O) groups is 2. The molecule has 0 aliphatic carbocycles. The molecular weight excluding hydrogens is 535 g/mol. The average molecular weight is 555 g/mol. The van der Waals surface area contributed by atoms with Gasteiger partial charge in [0, 0.05) is 11.6 Å². The van der Waals surface area contributed by atoms with E-state index in [4.69, 9.17) is 11.6 Å². The lowest BCUT2D eigenvalue weighted by atomic mass is 9.93. The molecule has 8 nitrogen and oxygen atoms in total. The lowest BCUT2D eigenvalue weighted by Crippen LogP contribution is -2.46. The molecule has 1 aliphatic heterocycles. The van der Waals surface area contributed by atoms with E-state index in [2.05, 4.69) is 9.46 Å². The molecule has 0 atom stereocenters. The highest BCUT2D eigenvalue weighted by Crippen LogP contribution is 2.41. The molecule has 2 heterocycles. The summed E-state index contributed by atoms with van der Waals surface area (Å²) >= 11 is 6.26. The molecule has 0 bridgehead atoms. The molecule has 2 aromatic carbocycles. The van der Waals surface area contributed by atoms with E-state index in [1.54, 1.807) is 50.0 Å². The molecule has 1 aromatic heterocycles. The number of halogens is 4. The number of hydrogen-bond acceptors (Lipinski definition) is 5. The molecule has 0 saturated heterocycles. The number of aryl methyl sites for hydroxylation is 1. The zero-order valence-electron chi connectivity index (χ0n) is 19.6. The van der Waals surface area contributed by atoms with E-state index in [-0.39, 0.29) is 21.8 Å². The maximum absolute atomic E-state index is 13.6. The number of nitrogens with one attached hydrogen (secondary N) is 1. The summed E-state index contributed by atoms with van der Waals surface area (Å²) in [4.78, 5) is 27.6. The van der Waals surface area contributed by atoms with Gasteiger partial charge >= 0.3 is 6.36 Å². The van der Waals surface area contributed by atoms with Crippen LogP contribution >= 0.6 is 11.6 Å². The molecule has 0 radical (unpaired) electrons. The molecule has 2 amide bonds. The fraction of sp³-hybridized carbons (Fsp3) is 0.208. The topological polar surface area (TPSA) is 96.7 Å². The SMILES string of the molecule is C[n+]1cccc(C(C)(C)N2C(=O)c3c(Cl)ccc(NS(=O)(=O)c4ccc(OC(F)(F)F)cc4)c3C2=O)c1. The highest BCUT2D eigenvalue weighted by molar-refractivity contribution is 7.92. The predicted octanol–water partition coefficient (Wildman–Crippen LogP) is 4.40. The molecule has 3 aromatic rings. The van der Waals surface area contributed by atoms with Gasteiger partial charge in [0.1, 0.15) is 12.8 Å². The van der Waals surface area contributed by atoms with Crippen LogP contribution in [-0.2, 0) is 22.6 Å². The van der Waals surface area contributed by atoms with Crippen LogP contribution in [0.2, 0.25) is 5.02 Å². The number of ether oxygens (including phenoxy) is 1. The number of pyridine rings is 1. The minimum Gasteiger partial charge on any atom is -0.406 e. The maximum Gasteiger partial charge on any atom is 0.573 e. The molecule has 1 N–H and O–H groups in total. The molecule has 4 rings (SSSR count). The number of amides is 2. The van der Waals surface area contributed by atoms with Crippen LogP contribution in [0.15, 0.2) is 65.8 Å². The molecule has 13 heteroatoms. The van der Waals surface area contributed by atoms with Gasteiger partial charge in [0.25, 0.3) is 21.8 Å². The van der Waals surface area contributed by atoms with Crippen molar-refractivity contribution in [3.05, 3.63) is 82.6 Å². The first-order valence-electron chi connectivity index (χ1n) is 10.7. The van der Waals surface area contributed by atoms with Gasteiger partial charge in [-0.2, -0.15) is 0 Å². The Morgan fingerprint density at radius 3 is 2.19 bits per heavy atom. The van der Waals surface area contributed by atoms with Gasteiger partial charge in [-0.1, -0.05) is 11.6 Å². The zero-order valence-corrected chi connectivity index (χ0v) is 21.2. The number of aromatic nitrogens is 1. The summed E-state index contributed by atoms with van der Waals surface area (Å²) in [5, 5.41) is -0.0399. The van der Waals surface area contributed by atoms with E-state index in [0.29, 0.717) is 5.56 Å². The Morgan fingerprint density at radius 2 is 1.59 bits per heavy atom. The molecule has 0 unspecified atom stereocenters. The van der Waals surface area contributed by atoms with Crippen LogP contribution < -0.4 is 14.0 Å². The van der Waals surface area contributed by atoms with Gasteiger partial charge in [0.2, 0.25) is 0 Å². The molecule has 0 spiro atoms. The number of carbonyl (C=O) groups excluding carboxylic acids is 2. The van der Waals surface area contributed by atoms with Crippen LogP contribution in [0.4, 0.5) is 18.9 Å². The second-order valence-electron chi connectivity index (χ2n) is 8.73. The van der Waals surface area contributed by atoms with Gasteiger partial charge in [-0.05, 0) is 56.3 Å². The summed E-state index contributed by atoms with van der Waals surface area (Å²) in [6, 6.07) is 9.54. The molecular formula is C24H20ClF3N3O5S+. The Labute approximate surface area is 215 Å². The van der Waals surface area contributed by atoms with Gasteiger partial charge in [-0.15, -0.1) is 13.2 Å². The summed E-state index contributed by atoms with van der Waals surface area (Å²) in [7, 11) is -2.59. The Kier molecular flexibility index (Phi) is 6.45. The van der Waals surface area contributed by atoms with Crippen molar-refractivity contribution < 1.29 is 40.5 Å². The normalized spacial score (nSPS) is 14.1. The Morgan fingerprint density at radius 1 is 0.973 bits per heavy atom. The minimum absolute atomic E-state index is 0.0399. The van der Waals surface area contributed by atoms with E-state index < -0.39 is 44.4 Å². The summed E-state index contributed by atoms with van der Waals surface area (Å²) in [6.07, 6.45) is -1.40. The molecule has 194 valence electrons. The number of sulfonamides is 1. The van der Waals surface area contributed by atoms with Crippen LogP contribution in [0.3, 0.4) is 0 Å². The molecule has 0 fully saturated rings. The number of fused-ring (bicyclic) bond motifs is 1. The first-order chi connectivity index (χ1) is 17.1. The summed E-state index contributed by atoms with van der Waals surface area (Å²) in [5.74, 6) is -2.06. The highest BCUT2D eigenvalue weighted by Gasteiger charge is 2.48. The van der Waals surface area contributed by atoms with E-state index >= 15 is 0 Å². The molecule has 37 heavy (non-hydrogen) atoms. The van der Waals surface area contributed by atoms with Gasteiger partial charge in [-0.3, -0.25) is 19.2 Å². The number of rotatable bonds is 6. The standard InChI is InChI=1S/C24H19ClF3N3O5S/c1-23(2,14-5-4-12-30(3)13-14)31-21(32)19-17(25)10-11-18(20(19)22(31)33)29-37(34,35)16-8-6-15(7-9-16)36-24(26,27)28/h4-13H,1-3H3/p+1. The van der Waals surface area contributed by atoms with E-state index in [9.17, 15) is 31.2 Å². The lowest BCUT2D eigenvalue weighted by molar-refractivity contribution is -0.672. The van der Waals surface area contributed by atoms with Crippen molar-refractivity contribution in [1.29, 1.82) is 0 Å². The van der Waals surface area contributed by atoms with E-state index in [0.717, 1.165) is 29.2 Å². The van der Waals surface area contributed by atoms with Crippen molar-refractivity contribution >= 4 is 39.1 Å². The fourth-order valence-electron chi connectivity index (χ4n) is 4.02. The van der Waals surface area contributed by atoms with Crippen molar-refractivity contribution in [2.75, 3.05) is 4.72 Å². The van der Waals surface area contributed by atoms with Crippen molar-refractivity contribution in [2.45, 2.75) is 30.6 Å². The van der Waals surface area contributed by atoms with Crippen LogP contribution in [0.1, 0.15) is 40.1 Å². The minimum atomic E-state index is -4.94. The van der Waals surface area contributed by atoms with E-state index in [1.165, 1.54) is 12.1 Å². The van der Waals surface area contributed by atoms with Crippen molar-refractivity contribution in [3.8, 4) is 5.75 Å². The predicted molar refractivity (Wildman–Crippen MR) is 127 cm³/mol. The average Bonchev–Trinajstić information content (AvgIpc) is 3.06. The number of alkyl halides is 3. The number of anilines is 1. The summed E-state index contributed by atoms with van der Waals surface area (Å²) < 4.78 is 71.0. The lowest BCUT2D eigenvalue weighted by Gasteiger charge is -2.33. The fourth-order valence-corrected chi connectivity index (χ4v) is 5.33. The van der Waals surface area contributed by atoms with E-state index in [1.807, 2.05) is 0 Å². The second kappa shape index (κ2) is 9.03. The van der Waals surface area contributed by atoms with Gasteiger partial charge < -0.3 is 4.74 Å². The maximum atomic E-state index is 13.6. The highest BCUT2D eigenvalue weighted by atomic mass is 35.5. The third-order valence-electron chi connectivity index (χ3n) is 5.81. The monoisotopic (exact) mass is 554 g/mol. The second-order valence-corrected chi connectivity index (χ2v) is 10.8. The third-order valence-corrected chi connectivity index (χ3v) is 7.50. The Bertz CT molecular complexity index is 1520. The molecule has 1 aliphatic rings. The third kappa shape index (κ3) is 4.98. The largest absolute Gasteiger partial charge is 0.573 e. The first kappa shape index (κ1) is 26.4. The van der Waals surface area contributed by atoms with Crippen LogP contribution in [0.25, 0.3) is 0 Å². The number of imide groups is 1. The Balaban J connectivity index is 1.71. The van der Waals surface area contributed by atoms with Crippen molar-refractivity contribution in [1.82, 2.24) is 4.90 Å². The summed E-state index contributed by atoms with van der Waals surface area (Å²) in [6.45, 7) is 3.35. The van der Waals surface area contributed by atoms with Crippen LogP contribution in [0, 0.1) is 0 Å².